The lowest BCUT2D eigenvalue weighted by Gasteiger charge is -2.14. The normalized spacial score (nSPS) is 11.1. The van der Waals surface area contributed by atoms with E-state index in [9.17, 15) is 0 Å². The summed E-state index contributed by atoms with van der Waals surface area (Å²) < 4.78 is 0. The standard InChI is InChI=1S/C74H50N4/c1-7-22-51(23-8-1)67-43-63(44-68(75-67)52-24-9-2-10-25-52)59-36-20-38-61(41-59)73-49-65(47-71(77-73)55-30-15-5-16-31-55)57-34-19-35-58(40-57)66-48-72(56-32-17-6-18-33-56)78-74(50-66)62-39-21-37-60(42-62)64-45-69(53-26-11-3-12-27-53)76-70(46-64)54-28-13-4-14-29-54/h1-50H. The molecule has 0 saturated heterocycles. The zero-order valence-electron chi connectivity index (χ0n) is 42.7. The lowest BCUT2D eigenvalue weighted by Crippen LogP contribution is -1.94. The molecule has 0 spiro atoms. The van der Waals surface area contributed by atoms with Crippen LogP contribution in [0.3, 0.4) is 0 Å². The summed E-state index contributed by atoms with van der Waals surface area (Å²) >= 11 is 0. The van der Waals surface area contributed by atoms with Gasteiger partial charge in [0.05, 0.1) is 45.6 Å². The molecule has 0 aliphatic carbocycles. The highest BCUT2D eigenvalue weighted by molar-refractivity contribution is 5.86. The molecule has 0 aliphatic heterocycles. The van der Waals surface area contributed by atoms with E-state index in [0.717, 1.165) is 135 Å². The van der Waals surface area contributed by atoms with E-state index in [1.165, 1.54) is 0 Å². The van der Waals surface area contributed by atoms with Gasteiger partial charge in [0.2, 0.25) is 0 Å². The van der Waals surface area contributed by atoms with Crippen LogP contribution in [0, 0.1) is 0 Å². The van der Waals surface area contributed by atoms with Gasteiger partial charge in [0.15, 0.2) is 0 Å². The van der Waals surface area contributed by atoms with Crippen LogP contribution in [0.1, 0.15) is 0 Å². The smallest absolute Gasteiger partial charge is 0.0715 e. The zero-order valence-corrected chi connectivity index (χ0v) is 42.7. The fourth-order valence-electron chi connectivity index (χ4n) is 10.2. The molecule has 9 aromatic carbocycles. The summed E-state index contributed by atoms with van der Waals surface area (Å²) in [6, 6.07) is 107. The molecule has 0 bridgehead atoms. The summed E-state index contributed by atoms with van der Waals surface area (Å²) in [5.41, 5.74) is 24.4. The first-order valence-electron chi connectivity index (χ1n) is 26.3. The second-order valence-electron chi connectivity index (χ2n) is 19.4. The Morgan fingerprint density at radius 2 is 0.269 bits per heavy atom. The van der Waals surface area contributed by atoms with Gasteiger partial charge in [0.1, 0.15) is 0 Å². The molecular weight excluding hydrogens is 945 g/mol. The van der Waals surface area contributed by atoms with Crippen molar-refractivity contribution in [1.29, 1.82) is 0 Å². The lowest BCUT2D eigenvalue weighted by atomic mass is 9.94. The van der Waals surface area contributed by atoms with Gasteiger partial charge in [-0.05, 0) is 111 Å². The maximum Gasteiger partial charge on any atom is 0.0715 e. The molecule has 4 aromatic heterocycles. The molecule has 4 heteroatoms. The minimum Gasteiger partial charge on any atom is -0.248 e. The van der Waals surface area contributed by atoms with Crippen molar-refractivity contribution >= 4 is 0 Å². The molecule has 0 fully saturated rings. The molecule has 0 aliphatic rings. The van der Waals surface area contributed by atoms with E-state index in [-0.39, 0.29) is 0 Å². The van der Waals surface area contributed by atoms with Crippen LogP contribution in [-0.4, -0.2) is 19.9 Å². The molecule has 366 valence electrons. The second kappa shape index (κ2) is 21.4. The molecule has 0 saturated carbocycles. The molecular formula is C74H50N4. The predicted octanol–water partition coefficient (Wildman–Crippen LogP) is 19.3. The van der Waals surface area contributed by atoms with Crippen molar-refractivity contribution in [2.45, 2.75) is 0 Å². The first-order valence-corrected chi connectivity index (χ1v) is 26.3. The average molecular weight is 995 g/mol. The highest BCUT2D eigenvalue weighted by atomic mass is 14.7. The monoisotopic (exact) mass is 994 g/mol. The minimum absolute atomic E-state index is 0.887. The summed E-state index contributed by atoms with van der Waals surface area (Å²) in [4.78, 5) is 21.1. The van der Waals surface area contributed by atoms with Crippen molar-refractivity contribution in [2.75, 3.05) is 0 Å². The van der Waals surface area contributed by atoms with Gasteiger partial charge < -0.3 is 0 Å². The van der Waals surface area contributed by atoms with Gasteiger partial charge in [-0.3, -0.25) is 0 Å². The van der Waals surface area contributed by atoms with Gasteiger partial charge in [-0.15, -0.1) is 0 Å². The van der Waals surface area contributed by atoms with Crippen molar-refractivity contribution in [2.24, 2.45) is 0 Å². The van der Waals surface area contributed by atoms with E-state index in [2.05, 4.69) is 279 Å². The fourth-order valence-corrected chi connectivity index (χ4v) is 10.2. The Morgan fingerprint density at radius 1 is 0.115 bits per heavy atom. The van der Waals surface area contributed by atoms with E-state index >= 15 is 0 Å². The van der Waals surface area contributed by atoms with E-state index in [0.29, 0.717) is 0 Å². The van der Waals surface area contributed by atoms with E-state index < -0.39 is 0 Å². The molecule has 0 amide bonds. The van der Waals surface area contributed by atoms with Gasteiger partial charge in [-0.1, -0.05) is 237 Å². The molecule has 0 unspecified atom stereocenters. The van der Waals surface area contributed by atoms with Crippen molar-refractivity contribution in [3.05, 3.63) is 303 Å². The number of hydrogen-bond acceptors (Lipinski definition) is 4. The predicted molar refractivity (Wildman–Crippen MR) is 323 cm³/mol. The maximum absolute atomic E-state index is 5.38. The van der Waals surface area contributed by atoms with Crippen LogP contribution in [0.15, 0.2) is 303 Å². The van der Waals surface area contributed by atoms with E-state index in [1.807, 2.05) is 24.3 Å². The fraction of sp³-hybridized carbons (Fsp3) is 0. The third kappa shape index (κ3) is 10.2. The number of aromatic nitrogens is 4. The minimum atomic E-state index is 0.887. The maximum atomic E-state index is 5.38. The topological polar surface area (TPSA) is 51.6 Å². The number of rotatable bonds is 12. The van der Waals surface area contributed by atoms with Crippen LogP contribution in [-0.2, 0) is 0 Å². The number of hydrogen-bond donors (Lipinski definition) is 0. The Bertz CT molecular complexity index is 3830. The zero-order chi connectivity index (χ0) is 52.0. The van der Waals surface area contributed by atoms with Gasteiger partial charge in [0.25, 0.3) is 0 Å². The summed E-state index contributed by atoms with van der Waals surface area (Å²) in [5, 5.41) is 0. The molecule has 13 aromatic rings. The molecule has 0 radical (unpaired) electrons. The molecule has 4 nitrogen and oxygen atoms in total. The van der Waals surface area contributed by atoms with Crippen molar-refractivity contribution in [3.8, 4) is 135 Å². The summed E-state index contributed by atoms with van der Waals surface area (Å²) in [7, 11) is 0. The van der Waals surface area contributed by atoms with Gasteiger partial charge in [-0.2, -0.15) is 0 Å². The third-order valence-corrected chi connectivity index (χ3v) is 14.2. The van der Waals surface area contributed by atoms with Crippen LogP contribution in [0.2, 0.25) is 0 Å². The molecule has 0 N–H and O–H groups in total. The highest BCUT2D eigenvalue weighted by Gasteiger charge is 2.16. The molecule has 13 rings (SSSR count). The van der Waals surface area contributed by atoms with E-state index in [4.69, 9.17) is 19.9 Å². The van der Waals surface area contributed by atoms with Crippen molar-refractivity contribution in [1.82, 2.24) is 19.9 Å². The summed E-state index contributed by atoms with van der Waals surface area (Å²) in [6.45, 7) is 0. The van der Waals surface area contributed by atoms with Gasteiger partial charge >= 0.3 is 0 Å². The SMILES string of the molecule is c1ccc(-c2cc(-c3cccc(-c4cc(-c5cccc(-c6cc(-c7ccccc7)nc(-c7cccc(-c8cc(-c9ccccc9)nc(-c9ccccc9)c8)c7)c6)c5)cc(-c5ccccc5)n4)c3)cc(-c3ccccc3)n2)cc1. The number of pyridine rings is 4. The van der Waals surface area contributed by atoms with Gasteiger partial charge in [-0.25, -0.2) is 19.9 Å². The van der Waals surface area contributed by atoms with Gasteiger partial charge in [0, 0.05) is 44.5 Å². The Kier molecular flexibility index (Phi) is 13.0. The second-order valence-corrected chi connectivity index (χ2v) is 19.4. The van der Waals surface area contributed by atoms with Crippen LogP contribution in [0.25, 0.3) is 135 Å². The average Bonchev–Trinajstić information content (AvgIpc) is 3.55. The molecule has 78 heavy (non-hydrogen) atoms. The number of benzene rings is 9. The Morgan fingerprint density at radius 3 is 0.474 bits per heavy atom. The summed E-state index contributed by atoms with van der Waals surface area (Å²) in [5.74, 6) is 0. The molecule has 0 atom stereocenters. The highest BCUT2D eigenvalue weighted by Crippen LogP contribution is 2.39. The van der Waals surface area contributed by atoms with Crippen molar-refractivity contribution < 1.29 is 0 Å². The quantitative estimate of drug-likeness (QED) is 0.122. The van der Waals surface area contributed by atoms with E-state index in [1.54, 1.807) is 0 Å². The first-order chi connectivity index (χ1) is 38.6. The van der Waals surface area contributed by atoms with Crippen LogP contribution < -0.4 is 0 Å². The summed E-state index contributed by atoms with van der Waals surface area (Å²) in [6.07, 6.45) is 0. The number of nitrogens with zero attached hydrogens (tertiary/aromatic N) is 4. The Balaban J connectivity index is 0.902. The lowest BCUT2D eigenvalue weighted by molar-refractivity contribution is 1.31. The van der Waals surface area contributed by atoms with Crippen molar-refractivity contribution in [3.63, 3.8) is 0 Å². The van der Waals surface area contributed by atoms with Crippen LogP contribution in [0.4, 0.5) is 0 Å². The van der Waals surface area contributed by atoms with Crippen LogP contribution in [0.5, 0.6) is 0 Å². The Labute approximate surface area is 455 Å². The van der Waals surface area contributed by atoms with Crippen LogP contribution >= 0.6 is 0 Å². The largest absolute Gasteiger partial charge is 0.248 e. The first kappa shape index (κ1) is 47.3. The molecule has 4 heterocycles. The Hall–Kier alpha value is -10.4. The third-order valence-electron chi connectivity index (χ3n) is 14.2.